The fraction of sp³-hybridized carbons (Fsp3) is 0.520. The number of ether oxygens (including phenoxy) is 2. The summed E-state index contributed by atoms with van der Waals surface area (Å²) in [6, 6.07) is 5.20. The Bertz CT molecular complexity index is 1320. The number of aryl methyl sites for hydroxylation is 1. The second kappa shape index (κ2) is 12.5. The number of halogens is 1. The van der Waals surface area contributed by atoms with E-state index in [4.69, 9.17) is 26.8 Å². The second-order valence-electron chi connectivity index (χ2n) is 9.90. The molecule has 3 aromatic rings. The highest BCUT2D eigenvalue weighted by atomic mass is 35.5. The molecule has 0 bridgehead atoms. The van der Waals surface area contributed by atoms with E-state index in [0.29, 0.717) is 35.0 Å². The van der Waals surface area contributed by atoms with E-state index in [1.807, 2.05) is 39.8 Å². The molecule has 0 aliphatic rings. The quantitative estimate of drug-likeness (QED) is 0.198. The number of anilines is 1. The standard InChI is InChI=1S/C25H37ClN7O4P/c1-7-10-36-24(34)25(5,6)32-38(35,31-18(4)20-9-8-19(26)11-16(20)2)15-37-17(3)12-33-14-30-21-22(27)28-13-29-23(21)33/h8-9,11,13-14,17-18H,7,10,12,15H2,1-6H3,(H2,27,28,29)(H2,31,32,35)/t17-,18-,38?/m0/s1. The minimum absolute atomic E-state index is 0.181. The molecule has 3 atom stereocenters. The molecule has 11 nitrogen and oxygen atoms in total. The molecule has 13 heteroatoms. The highest BCUT2D eigenvalue weighted by Gasteiger charge is 2.38. The lowest BCUT2D eigenvalue weighted by atomic mass is 10.0. The van der Waals surface area contributed by atoms with Crippen LogP contribution in [0.25, 0.3) is 11.2 Å². The van der Waals surface area contributed by atoms with Crippen LogP contribution in [0.3, 0.4) is 0 Å². The van der Waals surface area contributed by atoms with Crippen molar-refractivity contribution in [3.05, 3.63) is 47.0 Å². The maximum Gasteiger partial charge on any atom is 0.326 e. The fourth-order valence-corrected chi connectivity index (χ4v) is 6.73. The van der Waals surface area contributed by atoms with Crippen LogP contribution in [0.1, 0.15) is 58.2 Å². The molecule has 208 valence electrons. The Labute approximate surface area is 228 Å². The molecule has 4 N–H and O–H groups in total. The lowest BCUT2D eigenvalue weighted by Gasteiger charge is -2.33. The first-order chi connectivity index (χ1) is 17.8. The van der Waals surface area contributed by atoms with E-state index in [1.54, 1.807) is 30.8 Å². The van der Waals surface area contributed by atoms with Crippen molar-refractivity contribution in [1.29, 1.82) is 0 Å². The van der Waals surface area contributed by atoms with Gasteiger partial charge in [-0.1, -0.05) is 24.6 Å². The van der Waals surface area contributed by atoms with Crippen molar-refractivity contribution in [2.24, 2.45) is 0 Å². The molecule has 0 saturated heterocycles. The van der Waals surface area contributed by atoms with E-state index in [2.05, 4.69) is 25.1 Å². The molecule has 2 aromatic heterocycles. The Balaban J connectivity index is 1.79. The Morgan fingerprint density at radius 2 is 2.00 bits per heavy atom. The van der Waals surface area contributed by atoms with E-state index < -0.39 is 19.0 Å². The summed E-state index contributed by atoms with van der Waals surface area (Å²) in [5, 5.41) is 6.85. The van der Waals surface area contributed by atoms with Crippen molar-refractivity contribution in [2.45, 2.75) is 72.2 Å². The molecule has 0 saturated carbocycles. The number of nitrogen functional groups attached to an aromatic ring is 1. The van der Waals surface area contributed by atoms with Gasteiger partial charge in [-0.2, -0.15) is 0 Å². The Kier molecular flexibility index (Phi) is 9.89. The third-order valence-electron chi connectivity index (χ3n) is 5.93. The number of nitrogens with two attached hydrogens (primary N) is 1. The van der Waals surface area contributed by atoms with Crippen molar-refractivity contribution >= 4 is 42.0 Å². The summed E-state index contributed by atoms with van der Waals surface area (Å²) in [5.74, 6) is -0.198. The zero-order chi connectivity index (χ0) is 28.1. The molecule has 0 aliphatic heterocycles. The number of carbonyl (C=O) groups excluding carboxylic acids is 1. The average Bonchev–Trinajstić information content (AvgIpc) is 3.24. The summed E-state index contributed by atoms with van der Waals surface area (Å²) in [6.45, 7) is 11.6. The van der Waals surface area contributed by atoms with Gasteiger partial charge in [0.25, 0.3) is 0 Å². The van der Waals surface area contributed by atoms with Crippen LogP contribution in [0.2, 0.25) is 5.02 Å². The van der Waals surface area contributed by atoms with Gasteiger partial charge in [-0.05, 0) is 64.3 Å². The predicted molar refractivity (Wildman–Crippen MR) is 149 cm³/mol. The van der Waals surface area contributed by atoms with E-state index in [9.17, 15) is 9.36 Å². The van der Waals surface area contributed by atoms with Crippen LogP contribution in [0.15, 0.2) is 30.9 Å². The zero-order valence-corrected chi connectivity index (χ0v) is 24.3. The van der Waals surface area contributed by atoms with Gasteiger partial charge in [0.2, 0.25) is 7.44 Å². The Morgan fingerprint density at radius 1 is 1.26 bits per heavy atom. The van der Waals surface area contributed by atoms with Gasteiger partial charge in [0, 0.05) is 11.1 Å². The van der Waals surface area contributed by atoms with Gasteiger partial charge in [0.05, 0.1) is 25.6 Å². The second-order valence-corrected chi connectivity index (χ2v) is 12.6. The van der Waals surface area contributed by atoms with Crippen LogP contribution in [-0.4, -0.2) is 50.1 Å². The smallest absolute Gasteiger partial charge is 0.326 e. The van der Waals surface area contributed by atoms with Crippen molar-refractivity contribution in [1.82, 2.24) is 29.7 Å². The highest BCUT2D eigenvalue weighted by Crippen LogP contribution is 2.43. The van der Waals surface area contributed by atoms with Crippen molar-refractivity contribution in [3.63, 3.8) is 0 Å². The maximum atomic E-state index is 14.3. The molecule has 0 amide bonds. The summed E-state index contributed by atoms with van der Waals surface area (Å²) in [5.41, 5.74) is 7.63. The first kappa shape index (κ1) is 30.0. The van der Waals surface area contributed by atoms with Crippen molar-refractivity contribution in [3.8, 4) is 0 Å². The van der Waals surface area contributed by atoms with Crippen LogP contribution in [-0.2, 0) is 25.4 Å². The lowest BCUT2D eigenvalue weighted by molar-refractivity contribution is -0.149. The number of nitrogens with zero attached hydrogens (tertiary/aromatic N) is 4. The summed E-state index contributed by atoms with van der Waals surface area (Å²) < 4.78 is 27.5. The molecule has 3 rings (SSSR count). The number of esters is 1. The number of rotatable bonds is 13. The third-order valence-corrected chi connectivity index (χ3v) is 8.40. The molecule has 0 radical (unpaired) electrons. The number of imidazole rings is 1. The fourth-order valence-electron chi connectivity index (χ4n) is 4.08. The van der Waals surface area contributed by atoms with Crippen LogP contribution >= 0.6 is 19.0 Å². The van der Waals surface area contributed by atoms with E-state index in [0.717, 1.165) is 11.1 Å². The summed E-state index contributed by atoms with van der Waals surface area (Å²) >= 11 is 6.13. The number of hydrogen-bond acceptors (Lipinski definition) is 8. The maximum absolute atomic E-state index is 14.3. The molecular formula is C25H37ClN7O4P. The van der Waals surface area contributed by atoms with Gasteiger partial charge in [-0.15, -0.1) is 0 Å². The first-order valence-corrected chi connectivity index (χ1v) is 14.7. The van der Waals surface area contributed by atoms with Crippen LogP contribution in [0.4, 0.5) is 5.82 Å². The van der Waals surface area contributed by atoms with Gasteiger partial charge in [0.1, 0.15) is 23.7 Å². The molecule has 2 heterocycles. The number of nitrogens with one attached hydrogen (secondary N) is 2. The van der Waals surface area contributed by atoms with Gasteiger partial charge in [-0.25, -0.2) is 25.1 Å². The SMILES string of the molecule is CCCOC(=O)C(C)(C)NP(=O)(CO[C@@H](C)Cn1cnc2c(N)ncnc21)N[C@@H](C)c1ccc(Cl)cc1C. The third kappa shape index (κ3) is 7.51. The Morgan fingerprint density at radius 3 is 2.68 bits per heavy atom. The summed E-state index contributed by atoms with van der Waals surface area (Å²) in [6.07, 6.45) is 3.13. The Hall–Kier alpha value is -2.56. The van der Waals surface area contributed by atoms with Gasteiger partial charge in [-0.3, -0.25) is 9.36 Å². The molecule has 0 aliphatic carbocycles. The molecule has 1 unspecified atom stereocenters. The first-order valence-electron chi connectivity index (χ1n) is 12.5. The molecule has 38 heavy (non-hydrogen) atoms. The number of benzene rings is 1. The number of fused-ring (bicyclic) bond motifs is 1. The zero-order valence-electron chi connectivity index (χ0n) is 22.7. The lowest BCUT2D eigenvalue weighted by Crippen LogP contribution is -2.49. The van der Waals surface area contributed by atoms with Crippen LogP contribution in [0, 0.1) is 6.92 Å². The predicted octanol–water partition coefficient (Wildman–Crippen LogP) is 4.60. The average molecular weight is 566 g/mol. The summed E-state index contributed by atoms with van der Waals surface area (Å²) in [7, 11) is -3.51. The molecule has 0 fully saturated rings. The number of hydrogen-bond donors (Lipinski definition) is 3. The van der Waals surface area contributed by atoms with Gasteiger partial charge in [0.15, 0.2) is 11.5 Å². The molecule has 1 aromatic carbocycles. The van der Waals surface area contributed by atoms with Crippen molar-refractivity contribution < 1.29 is 18.8 Å². The molecule has 0 spiro atoms. The normalized spacial score (nSPS) is 15.2. The van der Waals surface area contributed by atoms with Crippen molar-refractivity contribution in [2.75, 3.05) is 18.7 Å². The van der Waals surface area contributed by atoms with E-state index in [-0.39, 0.29) is 25.1 Å². The number of carbonyl (C=O) groups is 1. The largest absolute Gasteiger partial charge is 0.464 e. The van der Waals surface area contributed by atoms with Crippen LogP contribution < -0.4 is 15.9 Å². The number of aromatic nitrogens is 4. The van der Waals surface area contributed by atoms with Crippen LogP contribution in [0.5, 0.6) is 0 Å². The molecular weight excluding hydrogens is 529 g/mol. The monoisotopic (exact) mass is 565 g/mol. The van der Waals surface area contributed by atoms with E-state index in [1.165, 1.54) is 6.33 Å². The highest BCUT2D eigenvalue weighted by molar-refractivity contribution is 7.59. The summed E-state index contributed by atoms with van der Waals surface area (Å²) in [4.78, 5) is 25.2. The minimum Gasteiger partial charge on any atom is -0.464 e. The van der Waals surface area contributed by atoms with Gasteiger partial charge < -0.3 is 19.8 Å². The van der Waals surface area contributed by atoms with E-state index >= 15 is 0 Å². The minimum atomic E-state index is -3.51. The topological polar surface area (TPSA) is 146 Å². The van der Waals surface area contributed by atoms with Gasteiger partial charge >= 0.3 is 5.97 Å².